The normalized spacial score (nSPS) is 10.9. The molecule has 23 heavy (non-hydrogen) atoms. The number of rotatable bonds is 4. The van der Waals surface area contributed by atoms with E-state index in [0.29, 0.717) is 16.6 Å². The van der Waals surface area contributed by atoms with Gasteiger partial charge in [-0.1, -0.05) is 30.3 Å². The van der Waals surface area contributed by atoms with Gasteiger partial charge in [0.1, 0.15) is 5.75 Å². The average Bonchev–Trinajstić information content (AvgIpc) is 2.53. The Labute approximate surface area is 134 Å². The Kier molecular flexibility index (Phi) is 3.98. The summed E-state index contributed by atoms with van der Waals surface area (Å²) in [5.41, 5.74) is 2.37. The van der Waals surface area contributed by atoms with Gasteiger partial charge in [-0.2, -0.15) is 0 Å². The number of nitrogens with zero attached hydrogens (tertiary/aromatic N) is 1. The number of hydrogen-bond donors (Lipinski definition) is 1. The summed E-state index contributed by atoms with van der Waals surface area (Å²) in [4.78, 5) is 16.1. The molecule has 0 aliphatic carbocycles. The van der Waals surface area contributed by atoms with Crippen LogP contribution in [-0.2, 0) is 0 Å². The molecule has 4 heteroatoms. The van der Waals surface area contributed by atoms with Gasteiger partial charge >= 0.3 is 5.97 Å². The van der Waals surface area contributed by atoms with E-state index in [2.05, 4.69) is 4.98 Å². The third-order valence-corrected chi connectivity index (χ3v) is 3.45. The Morgan fingerprint density at radius 2 is 1.87 bits per heavy atom. The van der Waals surface area contributed by atoms with Crippen LogP contribution in [0.2, 0.25) is 0 Å². The number of para-hydroxylation sites is 1. The minimum atomic E-state index is -0.959. The second-order valence-electron chi connectivity index (χ2n) is 5.57. The molecule has 3 rings (SSSR count). The van der Waals surface area contributed by atoms with E-state index < -0.39 is 5.97 Å². The number of fused-ring (bicyclic) bond motifs is 1. The molecule has 1 heterocycles. The lowest BCUT2D eigenvalue weighted by Gasteiger charge is -2.11. The molecular weight excluding hydrogens is 290 g/mol. The zero-order valence-electron chi connectivity index (χ0n) is 13.0. The van der Waals surface area contributed by atoms with E-state index in [0.717, 1.165) is 11.3 Å². The van der Waals surface area contributed by atoms with Crippen LogP contribution in [-0.4, -0.2) is 22.2 Å². The van der Waals surface area contributed by atoms with Crippen molar-refractivity contribution in [1.29, 1.82) is 0 Å². The lowest BCUT2D eigenvalue weighted by atomic mass is 10.0. The van der Waals surface area contributed by atoms with Gasteiger partial charge in [0.15, 0.2) is 0 Å². The first-order valence-corrected chi connectivity index (χ1v) is 7.45. The van der Waals surface area contributed by atoms with Crippen LogP contribution in [0.15, 0.2) is 54.6 Å². The summed E-state index contributed by atoms with van der Waals surface area (Å²) in [5, 5.41) is 10.1. The zero-order valence-corrected chi connectivity index (χ0v) is 13.0. The molecule has 2 aromatic carbocycles. The molecule has 4 nitrogen and oxygen atoms in total. The van der Waals surface area contributed by atoms with Crippen LogP contribution < -0.4 is 4.74 Å². The Hall–Kier alpha value is -2.88. The predicted octanol–water partition coefficient (Wildman–Crippen LogP) is 4.39. The first-order valence-electron chi connectivity index (χ1n) is 7.45. The SMILES string of the molecule is CC(C)Oc1cccc(-c2cc(C(=O)O)c3ccccc3n2)c1. The van der Waals surface area contributed by atoms with Gasteiger partial charge in [-0.25, -0.2) is 9.78 Å². The molecule has 0 aliphatic rings. The van der Waals surface area contributed by atoms with E-state index in [-0.39, 0.29) is 11.7 Å². The second-order valence-corrected chi connectivity index (χ2v) is 5.57. The monoisotopic (exact) mass is 307 g/mol. The maximum Gasteiger partial charge on any atom is 0.336 e. The highest BCUT2D eigenvalue weighted by Gasteiger charge is 2.13. The van der Waals surface area contributed by atoms with Crippen molar-refractivity contribution in [2.75, 3.05) is 0 Å². The number of hydrogen-bond acceptors (Lipinski definition) is 3. The lowest BCUT2D eigenvalue weighted by Crippen LogP contribution is -2.05. The predicted molar refractivity (Wildman–Crippen MR) is 89.9 cm³/mol. The molecule has 0 amide bonds. The minimum absolute atomic E-state index is 0.0735. The molecule has 0 saturated carbocycles. The fraction of sp³-hybridized carbons (Fsp3) is 0.158. The minimum Gasteiger partial charge on any atom is -0.491 e. The summed E-state index contributed by atoms with van der Waals surface area (Å²) in [5.74, 6) is -0.219. The van der Waals surface area contributed by atoms with E-state index in [9.17, 15) is 9.90 Å². The van der Waals surface area contributed by atoms with Crippen molar-refractivity contribution >= 4 is 16.9 Å². The number of carboxylic acids is 1. The van der Waals surface area contributed by atoms with Crippen molar-refractivity contribution in [2.24, 2.45) is 0 Å². The first-order chi connectivity index (χ1) is 11.0. The summed E-state index contributed by atoms with van der Waals surface area (Å²) in [6.45, 7) is 3.92. The number of benzene rings is 2. The summed E-state index contributed by atoms with van der Waals surface area (Å²) in [6.07, 6.45) is 0.0735. The third-order valence-electron chi connectivity index (χ3n) is 3.45. The zero-order chi connectivity index (χ0) is 16.4. The van der Waals surface area contributed by atoms with Crippen LogP contribution in [0.5, 0.6) is 5.75 Å². The molecule has 1 aromatic heterocycles. The molecule has 0 unspecified atom stereocenters. The van der Waals surface area contributed by atoms with Crippen LogP contribution >= 0.6 is 0 Å². The Morgan fingerprint density at radius 3 is 2.61 bits per heavy atom. The quantitative estimate of drug-likeness (QED) is 0.776. The van der Waals surface area contributed by atoms with E-state index in [1.165, 1.54) is 0 Å². The number of pyridine rings is 1. The topological polar surface area (TPSA) is 59.4 Å². The van der Waals surface area contributed by atoms with E-state index in [4.69, 9.17) is 4.74 Å². The maximum atomic E-state index is 11.6. The first kappa shape index (κ1) is 15.0. The molecule has 0 radical (unpaired) electrons. The number of aromatic carboxylic acids is 1. The molecule has 3 aromatic rings. The summed E-state index contributed by atoms with van der Waals surface area (Å²) in [6, 6.07) is 16.4. The molecule has 116 valence electrons. The third kappa shape index (κ3) is 3.16. The Bertz CT molecular complexity index is 871. The van der Waals surface area contributed by atoms with Crippen molar-refractivity contribution in [2.45, 2.75) is 20.0 Å². The summed E-state index contributed by atoms with van der Waals surface area (Å²) >= 11 is 0. The molecule has 0 aliphatic heterocycles. The highest BCUT2D eigenvalue weighted by Crippen LogP contribution is 2.27. The van der Waals surface area contributed by atoms with Crippen molar-refractivity contribution in [3.05, 3.63) is 60.2 Å². The number of ether oxygens (including phenoxy) is 1. The molecule has 0 saturated heterocycles. The van der Waals surface area contributed by atoms with Gasteiger partial charge in [-0.15, -0.1) is 0 Å². The molecule has 0 fully saturated rings. The molecular formula is C19H17NO3. The van der Waals surface area contributed by atoms with Gasteiger partial charge in [0.25, 0.3) is 0 Å². The summed E-state index contributed by atoms with van der Waals surface area (Å²) in [7, 11) is 0. The van der Waals surface area contributed by atoms with Crippen LogP contribution in [0.3, 0.4) is 0 Å². The van der Waals surface area contributed by atoms with Crippen molar-refractivity contribution < 1.29 is 14.6 Å². The maximum absolute atomic E-state index is 11.6. The van der Waals surface area contributed by atoms with Crippen molar-refractivity contribution in [1.82, 2.24) is 4.98 Å². The Morgan fingerprint density at radius 1 is 1.09 bits per heavy atom. The number of carboxylic acid groups (broad SMARTS) is 1. The fourth-order valence-corrected chi connectivity index (χ4v) is 2.50. The molecule has 0 bridgehead atoms. The van der Waals surface area contributed by atoms with E-state index in [1.54, 1.807) is 12.1 Å². The highest BCUT2D eigenvalue weighted by atomic mass is 16.5. The van der Waals surface area contributed by atoms with Crippen LogP contribution in [0, 0.1) is 0 Å². The van der Waals surface area contributed by atoms with Crippen molar-refractivity contribution in [3.63, 3.8) is 0 Å². The Balaban J connectivity index is 2.15. The standard InChI is InChI=1S/C19H17NO3/c1-12(2)23-14-7-5-6-13(10-14)18-11-16(19(21)22)15-8-3-4-9-17(15)20-18/h3-12H,1-2H3,(H,21,22). The van der Waals surface area contributed by atoms with Crippen LogP contribution in [0.1, 0.15) is 24.2 Å². The van der Waals surface area contributed by atoms with Gasteiger partial charge in [-0.3, -0.25) is 0 Å². The molecule has 1 N–H and O–H groups in total. The van der Waals surface area contributed by atoms with Gasteiger partial charge in [0.2, 0.25) is 0 Å². The van der Waals surface area contributed by atoms with Gasteiger partial charge in [0, 0.05) is 10.9 Å². The fourth-order valence-electron chi connectivity index (χ4n) is 2.50. The summed E-state index contributed by atoms with van der Waals surface area (Å²) < 4.78 is 5.70. The lowest BCUT2D eigenvalue weighted by molar-refractivity contribution is 0.0699. The van der Waals surface area contributed by atoms with E-state index in [1.807, 2.05) is 56.3 Å². The highest BCUT2D eigenvalue weighted by molar-refractivity contribution is 6.03. The largest absolute Gasteiger partial charge is 0.491 e. The van der Waals surface area contributed by atoms with Crippen LogP contribution in [0.25, 0.3) is 22.2 Å². The van der Waals surface area contributed by atoms with Crippen LogP contribution in [0.4, 0.5) is 0 Å². The van der Waals surface area contributed by atoms with Gasteiger partial charge in [-0.05, 0) is 38.1 Å². The molecule has 0 atom stereocenters. The van der Waals surface area contributed by atoms with E-state index >= 15 is 0 Å². The molecule has 0 spiro atoms. The number of aromatic nitrogens is 1. The van der Waals surface area contributed by atoms with Crippen molar-refractivity contribution in [3.8, 4) is 17.0 Å². The second kappa shape index (κ2) is 6.08. The smallest absolute Gasteiger partial charge is 0.336 e. The average molecular weight is 307 g/mol. The number of carbonyl (C=O) groups is 1. The van der Waals surface area contributed by atoms with Gasteiger partial charge in [0.05, 0.1) is 22.9 Å². The van der Waals surface area contributed by atoms with Gasteiger partial charge < -0.3 is 9.84 Å².